The summed E-state index contributed by atoms with van der Waals surface area (Å²) in [5, 5.41) is 0.602. The molecular weight excluding hydrogens is 286 g/mol. The second-order valence-electron chi connectivity index (χ2n) is 5.00. The first-order valence-corrected chi connectivity index (χ1v) is 8.40. The zero-order valence-electron chi connectivity index (χ0n) is 10.8. The van der Waals surface area contributed by atoms with Crippen LogP contribution < -0.4 is 10.5 Å². The first-order chi connectivity index (χ1) is 8.91. The van der Waals surface area contributed by atoms with Crippen LogP contribution in [0.3, 0.4) is 0 Å². The standard InChI is InChI=1S/C13H18ClNO3S/c1-18-13-3-2-10(14)7-11(13)12(15)6-9-4-5-19(16,17)8-9/h2-3,7,9,12H,4-6,8,15H2,1H3. The van der Waals surface area contributed by atoms with Crippen molar-refractivity contribution >= 4 is 21.4 Å². The largest absolute Gasteiger partial charge is 0.496 e. The van der Waals surface area contributed by atoms with Gasteiger partial charge in [-0.25, -0.2) is 8.42 Å². The van der Waals surface area contributed by atoms with Crippen LogP contribution in [0.2, 0.25) is 5.02 Å². The minimum Gasteiger partial charge on any atom is -0.496 e. The molecule has 0 amide bonds. The Morgan fingerprint density at radius 1 is 1.53 bits per heavy atom. The highest BCUT2D eigenvalue weighted by molar-refractivity contribution is 7.91. The highest BCUT2D eigenvalue weighted by Crippen LogP contribution is 2.33. The summed E-state index contributed by atoms with van der Waals surface area (Å²) in [6.45, 7) is 0. The van der Waals surface area contributed by atoms with Crippen molar-refractivity contribution in [3.63, 3.8) is 0 Å². The van der Waals surface area contributed by atoms with E-state index in [-0.39, 0.29) is 23.5 Å². The second kappa shape index (κ2) is 5.69. The van der Waals surface area contributed by atoms with Crippen LogP contribution in [0.5, 0.6) is 5.75 Å². The van der Waals surface area contributed by atoms with E-state index in [1.165, 1.54) is 0 Å². The number of ether oxygens (including phenoxy) is 1. The number of halogens is 1. The van der Waals surface area contributed by atoms with Crippen molar-refractivity contribution in [2.24, 2.45) is 11.7 Å². The molecule has 1 heterocycles. The van der Waals surface area contributed by atoms with Gasteiger partial charge in [0.25, 0.3) is 0 Å². The molecule has 0 spiro atoms. The third-order valence-electron chi connectivity index (χ3n) is 3.51. The average molecular weight is 304 g/mol. The van der Waals surface area contributed by atoms with E-state index in [0.717, 1.165) is 5.56 Å². The predicted octanol–water partition coefficient (Wildman–Crippen LogP) is 2.17. The van der Waals surface area contributed by atoms with Gasteiger partial charge in [0.1, 0.15) is 5.75 Å². The quantitative estimate of drug-likeness (QED) is 0.925. The highest BCUT2D eigenvalue weighted by atomic mass is 35.5. The lowest BCUT2D eigenvalue weighted by Gasteiger charge is -2.18. The minimum atomic E-state index is -2.86. The van der Waals surface area contributed by atoms with Gasteiger partial charge in [-0.1, -0.05) is 11.6 Å². The first kappa shape index (κ1) is 14.6. The molecule has 4 nitrogen and oxygen atoms in total. The highest BCUT2D eigenvalue weighted by Gasteiger charge is 2.29. The summed E-state index contributed by atoms with van der Waals surface area (Å²) in [5.41, 5.74) is 7.01. The molecule has 0 aliphatic carbocycles. The predicted molar refractivity (Wildman–Crippen MR) is 76.3 cm³/mol. The van der Waals surface area contributed by atoms with Crippen LogP contribution in [0.25, 0.3) is 0 Å². The molecule has 0 saturated carbocycles. The number of benzene rings is 1. The summed E-state index contributed by atoms with van der Waals surface area (Å²) in [7, 11) is -1.28. The molecule has 106 valence electrons. The van der Waals surface area contributed by atoms with E-state index in [1.807, 2.05) is 0 Å². The Hall–Kier alpha value is -0.780. The molecule has 19 heavy (non-hydrogen) atoms. The minimum absolute atomic E-state index is 0.128. The van der Waals surface area contributed by atoms with Gasteiger partial charge in [-0.05, 0) is 37.0 Å². The van der Waals surface area contributed by atoms with Gasteiger partial charge in [0.05, 0.1) is 18.6 Å². The van der Waals surface area contributed by atoms with Crippen LogP contribution in [0, 0.1) is 5.92 Å². The maximum absolute atomic E-state index is 11.4. The fourth-order valence-electron chi connectivity index (χ4n) is 2.54. The summed E-state index contributed by atoms with van der Waals surface area (Å²) in [6.07, 6.45) is 1.33. The smallest absolute Gasteiger partial charge is 0.150 e. The van der Waals surface area contributed by atoms with E-state index in [0.29, 0.717) is 23.6 Å². The van der Waals surface area contributed by atoms with Gasteiger partial charge in [0.2, 0.25) is 0 Å². The summed E-state index contributed by atoms with van der Waals surface area (Å²) >= 11 is 5.97. The Balaban J connectivity index is 2.12. The van der Waals surface area contributed by atoms with E-state index in [9.17, 15) is 8.42 Å². The van der Waals surface area contributed by atoms with Crippen molar-refractivity contribution in [3.8, 4) is 5.75 Å². The van der Waals surface area contributed by atoms with E-state index >= 15 is 0 Å². The van der Waals surface area contributed by atoms with E-state index < -0.39 is 9.84 Å². The lowest BCUT2D eigenvalue weighted by atomic mass is 9.94. The number of sulfone groups is 1. The Kier molecular flexibility index (Phi) is 4.38. The lowest BCUT2D eigenvalue weighted by molar-refractivity contribution is 0.397. The van der Waals surface area contributed by atoms with E-state index in [1.54, 1.807) is 25.3 Å². The van der Waals surface area contributed by atoms with Gasteiger partial charge < -0.3 is 10.5 Å². The number of nitrogens with two attached hydrogens (primary N) is 1. The molecule has 1 saturated heterocycles. The lowest BCUT2D eigenvalue weighted by Crippen LogP contribution is -2.17. The van der Waals surface area contributed by atoms with Gasteiger partial charge in [0.15, 0.2) is 9.84 Å². The molecule has 0 aromatic heterocycles. The zero-order chi connectivity index (χ0) is 14.0. The van der Waals surface area contributed by atoms with Crippen molar-refractivity contribution in [3.05, 3.63) is 28.8 Å². The summed E-state index contributed by atoms with van der Waals surface area (Å²) in [5.74, 6) is 1.34. The molecule has 2 atom stereocenters. The molecule has 2 N–H and O–H groups in total. The Bertz CT molecular complexity index is 559. The number of rotatable bonds is 4. The van der Waals surface area contributed by atoms with Crippen LogP contribution in [0.1, 0.15) is 24.4 Å². The van der Waals surface area contributed by atoms with Crippen LogP contribution in [0.4, 0.5) is 0 Å². The van der Waals surface area contributed by atoms with Crippen LogP contribution in [0.15, 0.2) is 18.2 Å². The monoisotopic (exact) mass is 303 g/mol. The normalized spacial score (nSPS) is 23.2. The fourth-order valence-corrected chi connectivity index (χ4v) is 4.60. The molecule has 0 bridgehead atoms. The third kappa shape index (κ3) is 3.61. The van der Waals surface area contributed by atoms with Crippen molar-refractivity contribution in [2.75, 3.05) is 18.6 Å². The fraction of sp³-hybridized carbons (Fsp3) is 0.538. The van der Waals surface area contributed by atoms with Crippen molar-refractivity contribution < 1.29 is 13.2 Å². The number of hydrogen-bond donors (Lipinski definition) is 1. The Labute approximate surface area is 118 Å². The Morgan fingerprint density at radius 2 is 2.26 bits per heavy atom. The molecule has 2 unspecified atom stereocenters. The average Bonchev–Trinajstić information content (AvgIpc) is 2.68. The first-order valence-electron chi connectivity index (χ1n) is 6.21. The number of methoxy groups -OCH3 is 1. The molecule has 1 aromatic carbocycles. The van der Waals surface area contributed by atoms with Gasteiger partial charge in [0, 0.05) is 16.6 Å². The van der Waals surface area contributed by atoms with Crippen molar-refractivity contribution in [1.29, 1.82) is 0 Å². The van der Waals surface area contributed by atoms with E-state index in [4.69, 9.17) is 22.1 Å². The van der Waals surface area contributed by atoms with Crippen LogP contribution >= 0.6 is 11.6 Å². The van der Waals surface area contributed by atoms with Gasteiger partial charge in [-0.2, -0.15) is 0 Å². The van der Waals surface area contributed by atoms with Gasteiger partial charge in [-0.3, -0.25) is 0 Å². The molecule has 1 aliphatic rings. The molecule has 2 rings (SSSR count). The topological polar surface area (TPSA) is 69.4 Å². The summed E-state index contributed by atoms with van der Waals surface area (Å²) in [6, 6.07) is 5.06. The SMILES string of the molecule is COc1ccc(Cl)cc1C(N)CC1CCS(=O)(=O)C1. The maximum atomic E-state index is 11.4. The van der Waals surface area contributed by atoms with Gasteiger partial charge in [-0.15, -0.1) is 0 Å². The molecule has 0 radical (unpaired) electrons. The molecule has 1 fully saturated rings. The second-order valence-corrected chi connectivity index (χ2v) is 7.66. The number of hydrogen-bond acceptors (Lipinski definition) is 4. The summed E-state index contributed by atoms with van der Waals surface area (Å²) in [4.78, 5) is 0. The molecule has 1 aliphatic heterocycles. The van der Waals surface area contributed by atoms with Crippen LogP contribution in [-0.2, 0) is 9.84 Å². The Morgan fingerprint density at radius 3 is 2.84 bits per heavy atom. The molecular formula is C13H18ClNO3S. The molecule has 6 heteroatoms. The van der Waals surface area contributed by atoms with Crippen LogP contribution in [-0.4, -0.2) is 27.0 Å². The van der Waals surface area contributed by atoms with Gasteiger partial charge >= 0.3 is 0 Å². The van der Waals surface area contributed by atoms with Crippen molar-refractivity contribution in [1.82, 2.24) is 0 Å². The molecule has 1 aromatic rings. The maximum Gasteiger partial charge on any atom is 0.150 e. The van der Waals surface area contributed by atoms with Crippen molar-refractivity contribution in [2.45, 2.75) is 18.9 Å². The summed E-state index contributed by atoms with van der Waals surface area (Å²) < 4.78 is 28.2. The van der Waals surface area contributed by atoms with E-state index in [2.05, 4.69) is 0 Å². The third-order valence-corrected chi connectivity index (χ3v) is 5.58. The zero-order valence-corrected chi connectivity index (χ0v) is 12.4.